The van der Waals surface area contributed by atoms with E-state index in [4.69, 9.17) is 9.47 Å². The number of ether oxygens (including phenoxy) is 2. The van der Waals surface area contributed by atoms with Crippen molar-refractivity contribution in [2.24, 2.45) is 0 Å². The van der Waals surface area contributed by atoms with Gasteiger partial charge in [0, 0.05) is 6.42 Å². The van der Waals surface area contributed by atoms with E-state index in [0.29, 0.717) is 6.42 Å². The second-order valence-corrected chi connectivity index (χ2v) is 19.0. The van der Waals surface area contributed by atoms with Crippen molar-refractivity contribution in [2.45, 2.75) is 269 Å². The van der Waals surface area contributed by atoms with Crippen LogP contribution in [0.4, 0.5) is 0 Å². The van der Waals surface area contributed by atoms with Gasteiger partial charge in [0.1, 0.15) is 24.4 Å². The minimum absolute atomic E-state index is 0.207. The maximum Gasteiger partial charge on any atom is 0.220 e. The van der Waals surface area contributed by atoms with Gasteiger partial charge in [0.2, 0.25) is 5.91 Å². The Bertz CT molecular complexity index is 1340. The normalized spacial score (nSPS) is 20.2. The first-order chi connectivity index (χ1) is 33.3. The minimum atomic E-state index is -1.58. The Labute approximate surface area is 416 Å². The summed E-state index contributed by atoms with van der Waals surface area (Å²) in [5.41, 5.74) is 0. The average Bonchev–Trinajstić information content (AvgIpc) is 3.34. The van der Waals surface area contributed by atoms with E-state index in [0.717, 1.165) is 96.3 Å². The van der Waals surface area contributed by atoms with Gasteiger partial charge in [-0.2, -0.15) is 0 Å². The zero-order valence-electron chi connectivity index (χ0n) is 43.3. The molecule has 1 aliphatic heterocycles. The summed E-state index contributed by atoms with van der Waals surface area (Å²) >= 11 is 0. The van der Waals surface area contributed by atoms with Crippen LogP contribution in [0.3, 0.4) is 0 Å². The number of rotatable bonds is 46. The number of carbonyl (C=O) groups is 1. The van der Waals surface area contributed by atoms with E-state index in [1.807, 2.05) is 6.08 Å². The van der Waals surface area contributed by atoms with E-state index in [-0.39, 0.29) is 12.5 Å². The second-order valence-electron chi connectivity index (χ2n) is 19.0. The van der Waals surface area contributed by atoms with Gasteiger partial charge >= 0.3 is 0 Å². The van der Waals surface area contributed by atoms with E-state index in [1.54, 1.807) is 6.08 Å². The topological polar surface area (TPSA) is 149 Å². The van der Waals surface area contributed by atoms with Crippen molar-refractivity contribution in [1.82, 2.24) is 5.32 Å². The highest BCUT2D eigenvalue weighted by atomic mass is 16.7. The number of nitrogens with one attached hydrogen (secondary N) is 1. The molecule has 1 rings (SSSR count). The first kappa shape index (κ1) is 63.4. The highest BCUT2D eigenvalue weighted by molar-refractivity contribution is 5.76. The molecule has 0 radical (unpaired) electrons. The van der Waals surface area contributed by atoms with Gasteiger partial charge in [0.05, 0.1) is 25.4 Å². The lowest BCUT2D eigenvalue weighted by Crippen LogP contribution is -2.60. The molecule has 0 aromatic carbocycles. The highest BCUT2D eigenvalue weighted by Crippen LogP contribution is 2.23. The lowest BCUT2D eigenvalue weighted by atomic mass is 9.99. The van der Waals surface area contributed by atoms with Crippen LogP contribution < -0.4 is 5.32 Å². The summed E-state index contributed by atoms with van der Waals surface area (Å²) in [5, 5.41) is 54.4. The molecule has 0 aromatic rings. The van der Waals surface area contributed by atoms with Crippen LogP contribution >= 0.6 is 0 Å². The monoisotopic (exact) mass is 954 g/mol. The van der Waals surface area contributed by atoms with Crippen molar-refractivity contribution >= 4 is 5.91 Å². The Kier molecular flexibility index (Phi) is 44.8. The predicted octanol–water partition coefficient (Wildman–Crippen LogP) is 13.5. The molecule has 7 atom stereocenters. The van der Waals surface area contributed by atoms with Crippen LogP contribution in [0.5, 0.6) is 0 Å². The van der Waals surface area contributed by atoms with Crippen molar-refractivity contribution in [2.75, 3.05) is 13.2 Å². The Morgan fingerprint density at radius 1 is 0.515 bits per heavy atom. The van der Waals surface area contributed by atoms with Crippen LogP contribution in [0.2, 0.25) is 0 Å². The largest absolute Gasteiger partial charge is 0.394 e. The van der Waals surface area contributed by atoms with Crippen LogP contribution in [0.25, 0.3) is 0 Å². The SMILES string of the molecule is CC/C=C\C/C=C\C/C=C\C/C=C\CCCCCCCCC(=O)NC(COC1OC(CO)C(O)C(O)C1O)C(O)/C=C/CC/C=C/CC/C=C/CCCCCCCCCCCCCCCCCC. The van der Waals surface area contributed by atoms with Gasteiger partial charge in [-0.25, -0.2) is 0 Å². The Hall–Kier alpha value is -2.63. The van der Waals surface area contributed by atoms with Gasteiger partial charge in [0.25, 0.3) is 0 Å². The van der Waals surface area contributed by atoms with Crippen LogP contribution in [0.15, 0.2) is 85.1 Å². The standard InChI is InChI=1S/C59H103NO8/c1-3-5-7-9-11-13-15-17-19-21-23-24-25-26-27-28-29-31-32-34-36-38-40-42-44-46-48-53(62)52(51-67-59-58(66)57(65)56(64)54(50-61)68-59)60-55(63)49-47-45-43-41-39-37-35-33-30-22-20-18-16-14-12-10-8-6-4-2/h6,8,12,14,18,20,30-33,38,40,46,48,52-54,56-59,61-62,64-66H,3-5,7,9-11,13,15-17,19,21-29,34-37,39,41-45,47,49-51H2,1-2H3,(H,60,63)/b8-6-,14-12-,20-18-,32-31+,33-30-,40-38+,48-46+. The van der Waals surface area contributed by atoms with Gasteiger partial charge in [0.15, 0.2) is 6.29 Å². The van der Waals surface area contributed by atoms with Gasteiger partial charge in [-0.3, -0.25) is 4.79 Å². The van der Waals surface area contributed by atoms with Crippen molar-refractivity contribution in [3.05, 3.63) is 85.1 Å². The van der Waals surface area contributed by atoms with E-state index in [1.165, 1.54) is 109 Å². The van der Waals surface area contributed by atoms with Crippen molar-refractivity contribution in [3.8, 4) is 0 Å². The smallest absolute Gasteiger partial charge is 0.220 e. The zero-order chi connectivity index (χ0) is 49.4. The Balaban J connectivity index is 2.30. The molecule has 0 spiro atoms. The van der Waals surface area contributed by atoms with Gasteiger partial charge in [-0.05, 0) is 83.5 Å². The Morgan fingerprint density at radius 3 is 1.41 bits per heavy atom. The summed E-state index contributed by atoms with van der Waals surface area (Å²) in [5.74, 6) is -0.207. The van der Waals surface area contributed by atoms with E-state index in [9.17, 15) is 30.3 Å². The number of allylic oxidation sites excluding steroid dienone is 13. The molecule has 1 saturated heterocycles. The van der Waals surface area contributed by atoms with Gasteiger partial charge in [-0.15, -0.1) is 0 Å². The summed E-state index contributed by atoms with van der Waals surface area (Å²) in [6.45, 7) is 3.64. The number of hydrogen-bond donors (Lipinski definition) is 6. The molecule has 1 heterocycles. The molecule has 68 heavy (non-hydrogen) atoms. The first-order valence-electron chi connectivity index (χ1n) is 27.8. The van der Waals surface area contributed by atoms with E-state index in [2.05, 4.69) is 92.1 Å². The molecule has 0 saturated carbocycles. The molecule has 7 unspecified atom stereocenters. The molecule has 9 heteroatoms. The maximum atomic E-state index is 13.0. The quantitative estimate of drug-likeness (QED) is 0.0261. The number of unbranched alkanes of at least 4 members (excludes halogenated alkanes) is 24. The summed E-state index contributed by atoms with van der Waals surface area (Å²) < 4.78 is 11.2. The fraction of sp³-hybridized carbons (Fsp3) is 0.746. The molecule has 0 aromatic heterocycles. The lowest BCUT2D eigenvalue weighted by Gasteiger charge is -2.40. The number of hydrogen-bond acceptors (Lipinski definition) is 8. The molecule has 392 valence electrons. The van der Waals surface area contributed by atoms with Gasteiger partial charge in [-0.1, -0.05) is 221 Å². The average molecular weight is 954 g/mol. The summed E-state index contributed by atoms with van der Waals surface area (Å²) in [4.78, 5) is 13.0. The third kappa shape index (κ3) is 37.2. The molecule has 1 fully saturated rings. The van der Waals surface area contributed by atoms with Crippen molar-refractivity contribution in [3.63, 3.8) is 0 Å². The molecular weight excluding hydrogens is 851 g/mol. The van der Waals surface area contributed by atoms with Crippen LogP contribution in [0, 0.1) is 0 Å². The predicted molar refractivity (Wildman–Crippen MR) is 285 cm³/mol. The summed E-state index contributed by atoms with van der Waals surface area (Å²) in [7, 11) is 0. The van der Waals surface area contributed by atoms with Crippen LogP contribution in [0.1, 0.15) is 226 Å². The summed E-state index contributed by atoms with van der Waals surface area (Å²) in [6.07, 6.45) is 60.7. The molecular formula is C59H103NO8. The van der Waals surface area contributed by atoms with E-state index < -0.39 is 49.5 Å². The minimum Gasteiger partial charge on any atom is -0.394 e. The number of aliphatic hydroxyl groups is 5. The molecule has 0 bridgehead atoms. The molecule has 6 N–H and O–H groups in total. The third-order valence-corrected chi connectivity index (χ3v) is 12.7. The Morgan fingerprint density at radius 2 is 0.926 bits per heavy atom. The van der Waals surface area contributed by atoms with Crippen LogP contribution in [-0.2, 0) is 14.3 Å². The van der Waals surface area contributed by atoms with Crippen LogP contribution in [-0.4, -0.2) is 87.5 Å². The fourth-order valence-corrected chi connectivity index (χ4v) is 8.30. The maximum absolute atomic E-state index is 13.0. The molecule has 0 aliphatic carbocycles. The van der Waals surface area contributed by atoms with Crippen molar-refractivity contribution < 1.29 is 39.8 Å². The van der Waals surface area contributed by atoms with Crippen molar-refractivity contribution in [1.29, 1.82) is 0 Å². The first-order valence-corrected chi connectivity index (χ1v) is 27.8. The molecule has 1 amide bonds. The number of carbonyl (C=O) groups excluding carboxylic acids is 1. The lowest BCUT2D eigenvalue weighted by molar-refractivity contribution is -0.302. The number of amides is 1. The fourth-order valence-electron chi connectivity index (χ4n) is 8.30. The summed E-state index contributed by atoms with van der Waals surface area (Å²) in [6, 6.07) is -0.842. The second kappa shape index (κ2) is 48.0. The molecule has 1 aliphatic rings. The number of aliphatic hydroxyl groups excluding tert-OH is 5. The van der Waals surface area contributed by atoms with E-state index >= 15 is 0 Å². The third-order valence-electron chi connectivity index (χ3n) is 12.7. The zero-order valence-corrected chi connectivity index (χ0v) is 43.3. The molecule has 9 nitrogen and oxygen atoms in total. The van der Waals surface area contributed by atoms with Gasteiger partial charge < -0.3 is 40.3 Å². The highest BCUT2D eigenvalue weighted by Gasteiger charge is 2.44.